The van der Waals surface area contributed by atoms with Crippen LogP contribution in [0.3, 0.4) is 0 Å². The van der Waals surface area contributed by atoms with Crippen molar-refractivity contribution >= 4 is 0 Å². The lowest BCUT2D eigenvalue weighted by Crippen LogP contribution is -2.43. The molecular formula is C14H24N2. The summed E-state index contributed by atoms with van der Waals surface area (Å²) in [5.74, 6) is 0. The van der Waals surface area contributed by atoms with Gasteiger partial charge in [-0.2, -0.15) is 0 Å². The standard InChI is InChI=1S/C14H24N2/c1-5-14(3,4)13(16-6-2)11-12-7-9-15-10-8-12/h7-10,13,16H,5-6,11H2,1-4H3. The highest BCUT2D eigenvalue weighted by atomic mass is 14.9. The third-order valence-corrected chi connectivity index (χ3v) is 3.49. The van der Waals surface area contributed by atoms with Crippen molar-refractivity contribution in [3.8, 4) is 0 Å². The molecule has 0 fully saturated rings. The predicted octanol–water partition coefficient (Wildman–Crippen LogP) is 3.04. The smallest absolute Gasteiger partial charge is 0.0270 e. The van der Waals surface area contributed by atoms with E-state index in [2.05, 4.69) is 50.1 Å². The van der Waals surface area contributed by atoms with Crippen molar-refractivity contribution in [3.05, 3.63) is 30.1 Å². The third kappa shape index (κ3) is 3.60. The van der Waals surface area contributed by atoms with Crippen LogP contribution in [0, 0.1) is 5.41 Å². The van der Waals surface area contributed by atoms with Gasteiger partial charge in [-0.05, 0) is 42.5 Å². The Hall–Kier alpha value is -0.890. The maximum Gasteiger partial charge on any atom is 0.0270 e. The van der Waals surface area contributed by atoms with Gasteiger partial charge in [0.25, 0.3) is 0 Å². The third-order valence-electron chi connectivity index (χ3n) is 3.49. The summed E-state index contributed by atoms with van der Waals surface area (Å²) in [5, 5.41) is 3.60. The highest BCUT2D eigenvalue weighted by Crippen LogP contribution is 2.27. The van der Waals surface area contributed by atoms with Crippen molar-refractivity contribution in [1.29, 1.82) is 0 Å². The van der Waals surface area contributed by atoms with E-state index in [1.807, 2.05) is 12.4 Å². The fourth-order valence-corrected chi connectivity index (χ4v) is 1.87. The van der Waals surface area contributed by atoms with Gasteiger partial charge in [-0.3, -0.25) is 4.98 Å². The molecule has 0 spiro atoms. The van der Waals surface area contributed by atoms with Crippen molar-refractivity contribution in [1.82, 2.24) is 10.3 Å². The number of nitrogens with zero attached hydrogens (tertiary/aromatic N) is 1. The summed E-state index contributed by atoms with van der Waals surface area (Å²) in [6, 6.07) is 4.75. The van der Waals surface area contributed by atoms with Gasteiger partial charge in [-0.25, -0.2) is 0 Å². The molecule has 0 aromatic carbocycles. The second kappa shape index (κ2) is 6.00. The van der Waals surface area contributed by atoms with Gasteiger partial charge >= 0.3 is 0 Å². The molecule has 0 aliphatic rings. The van der Waals surface area contributed by atoms with E-state index in [9.17, 15) is 0 Å². The Balaban J connectivity index is 2.72. The van der Waals surface area contributed by atoms with Crippen molar-refractivity contribution in [2.45, 2.75) is 46.6 Å². The Morgan fingerprint density at radius 1 is 1.25 bits per heavy atom. The van der Waals surface area contributed by atoms with Crippen molar-refractivity contribution in [2.75, 3.05) is 6.54 Å². The van der Waals surface area contributed by atoms with Crippen LogP contribution in [0.25, 0.3) is 0 Å². The van der Waals surface area contributed by atoms with Crippen molar-refractivity contribution < 1.29 is 0 Å². The normalized spacial score (nSPS) is 13.8. The summed E-state index contributed by atoms with van der Waals surface area (Å²) >= 11 is 0. The lowest BCUT2D eigenvalue weighted by atomic mass is 9.79. The molecule has 1 unspecified atom stereocenters. The highest BCUT2D eigenvalue weighted by molar-refractivity contribution is 5.12. The molecule has 1 aromatic rings. The molecule has 0 bridgehead atoms. The fourth-order valence-electron chi connectivity index (χ4n) is 1.87. The van der Waals surface area contributed by atoms with Crippen LogP contribution in [0.4, 0.5) is 0 Å². The molecule has 1 heterocycles. The van der Waals surface area contributed by atoms with Crippen LogP contribution < -0.4 is 5.32 Å². The lowest BCUT2D eigenvalue weighted by Gasteiger charge is -2.34. The number of nitrogens with one attached hydrogen (secondary N) is 1. The average molecular weight is 220 g/mol. The van der Waals surface area contributed by atoms with Gasteiger partial charge < -0.3 is 5.32 Å². The second-order valence-electron chi connectivity index (χ2n) is 5.01. The van der Waals surface area contributed by atoms with Crippen LogP contribution >= 0.6 is 0 Å². The van der Waals surface area contributed by atoms with E-state index < -0.39 is 0 Å². The molecule has 0 aliphatic heterocycles. The van der Waals surface area contributed by atoms with E-state index in [-0.39, 0.29) is 0 Å². The van der Waals surface area contributed by atoms with E-state index in [1.54, 1.807) is 0 Å². The summed E-state index contributed by atoms with van der Waals surface area (Å²) in [4.78, 5) is 4.06. The van der Waals surface area contributed by atoms with Crippen molar-refractivity contribution in [2.24, 2.45) is 5.41 Å². The zero-order valence-corrected chi connectivity index (χ0v) is 11.0. The first-order valence-electron chi connectivity index (χ1n) is 6.22. The summed E-state index contributed by atoms with van der Waals surface area (Å²) in [6.07, 6.45) is 6.02. The number of rotatable bonds is 6. The number of pyridine rings is 1. The average Bonchev–Trinajstić information content (AvgIpc) is 2.30. The molecular weight excluding hydrogens is 196 g/mol. The van der Waals surface area contributed by atoms with Gasteiger partial charge in [0.05, 0.1) is 0 Å². The van der Waals surface area contributed by atoms with Crippen LogP contribution in [-0.4, -0.2) is 17.6 Å². The van der Waals surface area contributed by atoms with E-state index >= 15 is 0 Å². The first-order chi connectivity index (χ1) is 7.60. The first-order valence-corrected chi connectivity index (χ1v) is 6.22. The van der Waals surface area contributed by atoms with Crippen LogP contribution in [0.1, 0.15) is 39.7 Å². The fraction of sp³-hybridized carbons (Fsp3) is 0.643. The monoisotopic (exact) mass is 220 g/mol. The zero-order valence-electron chi connectivity index (χ0n) is 11.0. The van der Waals surface area contributed by atoms with Gasteiger partial charge in [0.1, 0.15) is 0 Å². The largest absolute Gasteiger partial charge is 0.313 e. The molecule has 0 amide bonds. The van der Waals surface area contributed by atoms with Crippen LogP contribution in [-0.2, 0) is 6.42 Å². The Morgan fingerprint density at radius 2 is 1.88 bits per heavy atom. The quantitative estimate of drug-likeness (QED) is 0.797. The SMILES string of the molecule is CCNC(Cc1ccncc1)C(C)(C)CC. The Labute approximate surface area is 99.5 Å². The van der Waals surface area contributed by atoms with Crippen LogP contribution in [0.5, 0.6) is 0 Å². The molecule has 1 atom stereocenters. The predicted molar refractivity (Wildman–Crippen MR) is 69.5 cm³/mol. The molecule has 0 radical (unpaired) electrons. The van der Waals surface area contributed by atoms with Crippen LogP contribution in [0.15, 0.2) is 24.5 Å². The number of likely N-dealkylation sites (N-methyl/N-ethyl adjacent to an activating group) is 1. The second-order valence-corrected chi connectivity index (χ2v) is 5.01. The molecule has 0 aliphatic carbocycles. The minimum atomic E-state index is 0.333. The molecule has 0 saturated carbocycles. The molecule has 1 N–H and O–H groups in total. The minimum absolute atomic E-state index is 0.333. The van der Waals surface area contributed by atoms with Gasteiger partial charge in [0.15, 0.2) is 0 Å². The first kappa shape index (κ1) is 13.2. The van der Waals surface area contributed by atoms with Gasteiger partial charge in [0, 0.05) is 18.4 Å². The van der Waals surface area contributed by atoms with Gasteiger partial charge in [-0.1, -0.05) is 27.7 Å². The zero-order chi connectivity index (χ0) is 12.0. The van der Waals surface area contributed by atoms with E-state index in [4.69, 9.17) is 0 Å². The molecule has 90 valence electrons. The molecule has 1 aromatic heterocycles. The molecule has 1 rings (SSSR count). The minimum Gasteiger partial charge on any atom is -0.313 e. The van der Waals surface area contributed by atoms with Gasteiger partial charge in [-0.15, -0.1) is 0 Å². The number of aromatic nitrogens is 1. The van der Waals surface area contributed by atoms with Gasteiger partial charge in [0.2, 0.25) is 0 Å². The maximum atomic E-state index is 4.06. The molecule has 2 heteroatoms. The van der Waals surface area contributed by atoms with E-state index in [1.165, 1.54) is 12.0 Å². The highest BCUT2D eigenvalue weighted by Gasteiger charge is 2.26. The van der Waals surface area contributed by atoms with E-state index in [0.717, 1.165) is 13.0 Å². The maximum absolute atomic E-state index is 4.06. The molecule has 16 heavy (non-hydrogen) atoms. The van der Waals surface area contributed by atoms with E-state index in [0.29, 0.717) is 11.5 Å². The topological polar surface area (TPSA) is 24.9 Å². The summed E-state index contributed by atoms with van der Waals surface area (Å²) in [7, 11) is 0. The summed E-state index contributed by atoms with van der Waals surface area (Å²) in [6.45, 7) is 10.1. The molecule has 2 nitrogen and oxygen atoms in total. The Morgan fingerprint density at radius 3 is 2.38 bits per heavy atom. The summed E-state index contributed by atoms with van der Waals surface area (Å²) < 4.78 is 0. The Kier molecular flexibility index (Phi) is 4.94. The summed E-state index contributed by atoms with van der Waals surface area (Å²) in [5.41, 5.74) is 1.70. The Bertz CT molecular complexity index is 293. The van der Waals surface area contributed by atoms with Crippen molar-refractivity contribution in [3.63, 3.8) is 0 Å². The number of hydrogen-bond acceptors (Lipinski definition) is 2. The molecule has 0 saturated heterocycles. The van der Waals surface area contributed by atoms with Crippen LogP contribution in [0.2, 0.25) is 0 Å². The number of hydrogen-bond donors (Lipinski definition) is 1. The lowest BCUT2D eigenvalue weighted by molar-refractivity contribution is 0.232.